The van der Waals surface area contributed by atoms with Gasteiger partial charge in [-0.15, -0.1) is 0 Å². The van der Waals surface area contributed by atoms with E-state index in [4.69, 9.17) is 11.8 Å². The third-order valence-corrected chi connectivity index (χ3v) is 3.23. The van der Waals surface area contributed by atoms with Crippen LogP contribution in [0.15, 0.2) is 11.4 Å². The third kappa shape index (κ3) is 3.39. The second kappa shape index (κ2) is 5.78. The van der Waals surface area contributed by atoms with Crippen LogP contribution in [0, 0.1) is 0 Å². The molecule has 0 bridgehead atoms. The Labute approximate surface area is 105 Å². The van der Waals surface area contributed by atoms with Crippen LogP contribution >= 0.6 is 11.8 Å². The lowest BCUT2D eigenvalue weighted by atomic mass is 10.1. The van der Waals surface area contributed by atoms with Crippen LogP contribution in [0.3, 0.4) is 0 Å². The first-order valence-electron chi connectivity index (χ1n) is 5.53. The van der Waals surface area contributed by atoms with Crippen LogP contribution in [0.4, 0.5) is 8.78 Å². The van der Waals surface area contributed by atoms with Crippen LogP contribution in [0.25, 0.3) is 0 Å². The summed E-state index contributed by atoms with van der Waals surface area (Å²) in [7, 11) is 0. The number of rotatable bonds is 3. The number of carbonyl (C=O) groups is 1. The summed E-state index contributed by atoms with van der Waals surface area (Å²) >= 11 is 5.80. The van der Waals surface area contributed by atoms with Gasteiger partial charge in [-0.1, -0.05) is 0 Å². The first-order valence-corrected chi connectivity index (χ1v) is 5.87. The number of hydrogen-bond donors (Lipinski definition) is 1. The summed E-state index contributed by atoms with van der Waals surface area (Å²) in [4.78, 5) is 11.8. The largest absolute Gasteiger partial charge is 0.303 e. The molecular formula is C11H17ClF2N2O. The maximum atomic E-state index is 13.6. The van der Waals surface area contributed by atoms with Gasteiger partial charge in [-0.2, -0.15) is 0 Å². The maximum absolute atomic E-state index is 13.6. The minimum absolute atomic E-state index is 0.0885. The zero-order valence-corrected chi connectivity index (χ0v) is 10.9. The van der Waals surface area contributed by atoms with E-state index in [2.05, 4.69) is 5.32 Å². The van der Waals surface area contributed by atoms with E-state index >= 15 is 0 Å². The van der Waals surface area contributed by atoms with Gasteiger partial charge in [0.05, 0.1) is 12.1 Å². The number of allylic oxidation sites excluding steroid dienone is 1. The summed E-state index contributed by atoms with van der Waals surface area (Å²) in [5.74, 6) is -0.932. The monoisotopic (exact) mass is 266 g/mol. The molecule has 0 spiro atoms. The van der Waals surface area contributed by atoms with Crippen molar-refractivity contribution in [1.29, 1.82) is 0 Å². The van der Waals surface area contributed by atoms with Crippen LogP contribution in [-0.2, 0) is 4.79 Å². The van der Waals surface area contributed by atoms with Crippen LogP contribution < -0.4 is 5.32 Å². The topological polar surface area (TPSA) is 32.3 Å². The summed E-state index contributed by atoms with van der Waals surface area (Å²) in [6, 6.07) is -1.50. The second-order valence-corrected chi connectivity index (χ2v) is 4.83. The van der Waals surface area contributed by atoms with Crippen LogP contribution in [0.2, 0.25) is 0 Å². The number of hydrogen-bond acceptors (Lipinski definition) is 2. The molecule has 6 heteroatoms. The zero-order chi connectivity index (χ0) is 13.2. The quantitative estimate of drug-likeness (QED) is 0.795. The van der Waals surface area contributed by atoms with Crippen LogP contribution in [0.5, 0.6) is 0 Å². The van der Waals surface area contributed by atoms with E-state index in [9.17, 15) is 13.6 Å². The predicted molar refractivity (Wildman–Crippen MR) is 62.9 cm³/mol. The zero-order valence-electron chi connectivity index (χ0n) is 10.1. The molecule has 1 fully saturated rings. The summed E-state index contributed by atoms with van der Waals surface area (Å²) < 4.78 is 27.3. The highest BCUT2D eigenvalue weighted by Gasteiger charge is 2.34. The van der Waals surface area contributed by atoms with Crippen molar-refractivity contribution in [2.24, 2.45) is 0 Å². The molecule has 3 nitrogen and oxygen atoms in total. The summed E-state index contributed by atoms with van der Waals surface area (Å²) in [6.07, 6.45) is -0.955. The molecule has 0 aliphatic carbocycles. The third-order valence-electron chi connectivity index (χ3n) is 2.77. The molecule has 17 heavy (non-hydrogen) atoms. The maximum Gasteiger partial charge on any atom is 0.254 e. The van der Waals surface area contributed by atoms with Gasteiger partial charge in [0, 0.05) is 24.7 Å². The van der Waals surface area contributed by atoms with Gasteiger partial charge in [0.25, 0.3) is 5.91 Å². The fourth-order valence-corrected chi connectivity index (χ4v) is 1.94. The van der Waals surface area contributed by atoms with Crippen LogP contribution in [-0.4, -0.2) is 35.1 Å². The minimum atomic E-state index is -1.04. The van der Waals surface area contributed by atoms with Gasteiger partial charge >= 0.3 is 0 Å². The van der Waals surface area contributed by atoms with Crippen molar-refractivity contribution in [2.45, 2.75) is 45.4 Å². The molecule has 0 unspecified atom stereocenters. The summed E-state index contributed by atoms with van der Waals surface area (Å²) in [5.41, 5.74) is 0.471. The summed E-state index contributed by atoms with van der Waals surface area (Å²) in [5, 5.41) is 2.72. The lowest BCUT2D eigenvalue weighted by Crippen LogP contribution is -2.43. The van der Waals surface area contributed by atoms with Gasteiger partial charge < -0.3 is 5.32 Å². The van der Waals surface area contributed by atoms with Crippen molar-refractivity contribution in [3.8, 4) is 0 Å². The van der Waals surface area contributed by atoms with Gasteiger partial charge in [0.1, 0.15) is 12.0 Å². The standard InChI is InChI=1S/C11H17ClF2N2O/c1-6(2)10(14)7(3)16(12)11(17)9-4-8(13)5-15-9/h7-9,15H,4-5H2,1-3H3/t7-,8+,9-/m0/s1. The molecule has 1 amide bonds. The molecule has 1 heterocycles. The second-order valence-electron chi connectivity index (χ2n) is 4.47. The first kappa shape index (κ1) is 14.4. The Morgan fingerprint density at radius 2 is 2.12 bits per heavy atom. The summed E-state index contributed by atoms with van der Waals surface area (Å²) in [6.45, 7) is 4.84. The molecule has 0 aromatic heterocycles. The number of amides is 1. The van der Waals surface area contributed by atoms with E-state index in [1.54, 1.807) is 13.8 Å². The average Bonchev–Trinajstić information content (AvgIpc) is 2.71. The highest BCUT2D eigenvalue weighted by molar-refractivity contribution is 6.22. The lowest BCUT2D eigenvalue weighted by Gasteiger charge is -2.24. The Kier molecular flexibility index (Phi) is 4.89. The number of nitrogens with one attached hydrogen (secondary N) is 1. The van der Waals surface area contributed by atoms with Crippen molar-refractivity contribution in [3.63, 3.8) is 0 Å². The Morgan fingerprint density at radius 1 is 1.53 bits per heavy atom. The Hall–Kier alpha value is -0.680. The number of carbonyl (C=O) groups excluding carboxylic acids is 1. The molecule has 0 aromatic rings. The predicted octanol–water partition coefficient (Wildman–Crippen LogP) is 2.32. The highest BCUT2D eigenvalue weighted by Crippen LogP contribution is 2.21. The molecular weight excluding hydrogens is 250 g/mol. The van der Waals surface area contributed by atoms with E-state index in [0.29, 0.717) is 5.57 Å². The average molecular weight is 267 g/mol. The van der Waals surface area contributed by atoms with Crippen molar-refractivity contribution in [3.05, 3.63) is 11.4 Å². The smallest absolute Gasteiger partial charge is 0.254 e. The fourth-order valence-electron chi connectivity index (χ4n) is 1.74. The number of alkyl halides is 1. The Balaban J connectivity index is 2.67. The SMILES string of the molecule is CC(C)=C(F)[C@H](C)N(Cl)C(=O)[C@@H]1C[C@@H](F)CN1. The molecule has 1 N–H and O–H groups in total. The van der Waals surface area contributed by atoms with E-state index in [-0.39, 0.29) is 13.0 Å². The van der Waals surface area contributed by atoms with Crippen molar-refractivity contribution >= 4 is 17.7 Å². The number of halogens is 3. The first-order chi connectivity index (χ1) is 7.84. The molecule has 1 rings (SSSR count). The lowest BCUT2D eigenvalue weighted by molar-refractivity contribution is -0.129. The molecule has 1 aliphatic rings. The molecule has 3 atom stereocenters. The van der Waals surface area contributed by atoms with Gasteiger partial charge in [0.2, 0.25) is 0 Å². The van der Waals surface area contributed by atoms with Gasteiger partial charge in [-0.05, 0) is 26.3 Å². The molecule has 98 valence electrons. The van der Waals surface area contributed by atoms with E-state index < -0.39 is 30.0 Å². The van der Waals surface area contributed by atoms with Crippen LogP contribution in [0.1, 0.15) is 27.2 Å². The molecule has 0 radical (unpaired) electrons. The molecule has 1 aliphatic heterocycles. The molecule has 0 aromatic carbocycles. The van der Waals surface area contributed by atoms with E-state index in [0.717, 1.165) is 4.42 Å². The Bertz CT molecular complexity index is 331. The van der Waals surface area contributed by atoms with E-state index in [1.807, 2.05) is 0 Å². The normalized spacial score (nSPS) is 25.5. The molecule has 1 saturated heterocycles. The van der Waals surface area contributed by atoms with Gasteiger partial charge in [0.15, 0.2) is 0 Å². The number of nitrogens with zero attached hydrogens (tertiary/aromatic N) is 1. The van der Waals surface area contributed by atoms with Crippen molar-refractivity contribution < 1.29 is 13.6 Å². The Morgan fingerprint density at radius 3 is 2.53 bits per heavy atom. The highest BCUT2D eigenvalue weighted by atomic mass is 35.5. The van der Waals surface area contributed by atoms with E-state index in [1.165, 1.54) is 6.92 Å². The minimum Gasteiger partial charge on any atom is -0.303 e. The fraction of sp³-hybridized carbons (Fsp3) is 0.727. The van der Waals surface area contributed by atoms with Gasteiger partial charge in [-0.25, -0.2) is 13.2 Å². The van der Waals surface area contributed by atoms with Gasteiger partial charge in [-0.3, -0.25) is 4.79 Å². The molecule has 0 saturated carbocycles. The van der Waals surface area contributed by atoms with Crippen molar-refractivity contribution in [1.82, 2.24) is 9.74 Å². The van der Waals surface area contributed by atoms with Crippen molar-refractivity contribution in [2.75, 3.05) is 6.54 Å².